The number of hydrogen-bond donors (Lipinski definition) is 1. The molecule has 1 aliphatic carbocycles. The van der Waals surface area contributed by atoms with Crippen molar-refractivity contribution in [1.29, 1.82) is 0 Å². The number of amides is 1. The molecule has 1 amide bonds. The maximum atomic E-state index is 14.2. The van der Waals surface area contributed by atoms with Crippen molar-refractivity contribution in [3.8, 4) is 17.0 Å². The fraction of sp³-hybridized carbons (Fsp3) is 0.438. The number of benzene rings is 1. The van der Waals surface area contributed by atoms with Gasteiger partial charge in [-0.1, -0.05) is 40.7 Å². The average molecular weight is 545 g/mol. The van der Waals surface area contributed by atoms with E-state index in [1.54, 1.807) is 48.5 Å². The van der Waals surface area contributed by atoms with E-state index in [9.17, 15) is 19.5 Å². The number of pyridine rings is 1. The third kappa shape index (κ3) is 4.49. The van der Waals surface area contributed by atoms with Crippen molar-refractivity contribution >= 4 is 17.7 Å². The number of ether oxygens (including phenoxy) is 2. The highest BCUT2D eigenvalue weighted by molar-refractivity contribution is 6.08. The molecule has 5 rings (SSSR count). The number of likely N-dealkylation sites (N-methyl/N-ethyl adjacent to an activating group) is 1. The predicted molar refractivity (Wildman–Crippen MR) is 150 cm³/mol. The van der Waals surface area contributed by atoms with Crippen molar-refractivity contribution in [2.45, 2.75) is 65.8 Å². The summed E-state index contributed by atoms with van der Waals surface area (Å²) in [5, 5.41) is 10.6. The molecule has 1 N–H and O–H groups in total. The largest absolute Gasteiger partial charge is 0.496 e. The highest BCUT2D eigenvalue weighted by Crippen LogP contribution is 2.54. The third-order valence-electron chi connectivity index (χ3n) is 8.27. The number of Topliss-reactive ketones (excluding diaryl/α,β-unsaturated/α-hetero) is 1. The molecule has 0 spiro atoms. The van der Waals surface area contributed by atoms with Crippen molar-refractivity contribution < 1.29 is 29.0 Å². The Bertz CT molecular complexity index is 1480. The SMILES string of the molecule is COc1ccc(-c2ccccn2)c(C(=O)O)c1[C@H]1C2=C(CC(C)(C)CC2=O)OC2=C1C(=O)N(C)[C@H](C(C)(C)C)C2. The number of nitrogens with zero attached hydrogens (tertiary/aromatic N) is 2. The molecule has 2 aromatic rings. The fourth-order valence-electron chi connectivity index (χ4n) is 6.45. The van der Waals surface area contributed by atoms with E-state index in [1.807, 2.05) is 13.8 Å². The zero-order chi connectivity index (χ0) is 29.1. The summed E-state index contributed by atoms with van der Waals surface area (Å²) in [6.07, 6.45) is 2.80. The van der Waals surface area contributed by atoms with Gasteiger partial charge in [-0.25, -0.2) is 4.79 Å². The van der Waals surface area contributed by atoms with E-state index in [4.69, 9.17) is 9.47 Å². The summed E-state index contributed by atoms with van der Waals surface area (Å²) in [6, 6.07) is 8.48. The summed E-state index contributed by atoms with van der Waals surface area (Å²) in [7, 11) is 3.22. The van der Waals surface area contributed by atoms with Crippen LogP contribution in [0.4, 0.5) is 0 Å². The normalized spacial score (nSPS) is 22.5. The molecule has 2 atom stereocenters. The number of ketones is 1. The molecule has 0 bridgehead atoms. The Hall–Kier alpha value is -3.94. The van der Waals surface area contributed by atoms with E-state index in [-0.39, 0.29) is 51.9 Å². The Morgan fingerprint density at radius 1 is 1.10 bits per heavy atom. The second kappa shape index (κ2) is 9.61. The topological polar surface area (TPSA) is 106 Å². The lowest BCUT2D eigenvalue weighted by molar-refractivity contribution is -0.132. The summed E-state index contributed by atoms with van der Waals surface area (Å²) in [5.41, 5.74) is 1.14. The van der Waals surface area contributed by atoms with Crippen LogP contribution in [0.25, 0.3) is 11.3 Å². The second-order valence-electron chi connectivity index (χ2n) is 12.8. The number of carbonyl (C=O) groups excluding carboxylic acids is 2. The zero-order valence-electron chi connectivity index (χ0n) is 24.1. The molecule has 0 fully saturated rings. The lowest BCUT2D eigenvalue weighted by Gasteiger charge is -2.47. The molecule has 1 aromatic heterocycles. The molecule has 3 heterocycles. The molecular weight excluding hydrogens is 508 g/mol. The molecule has 3 aliphatic rings. The first-order valence-electron chi connectivity index (χ1n) is 13.5. The minimum absolute atomic E-state index is 0.0466. The number of carboxylic acids is 1. The lowest BCUT2D eigenvalue weighted by Crippen LogP contribution is -2.51. The number of methoxy groups -OCH3 is 1. The maximum absolute atomic E-state index is 14.2. The summed E-state index contributed by atoms with van der Waals surface area (Å²) >= 11 is 0. The number of carbonyl (C=O) groups is 3. The summed E-state index contributed by atoms with van der Waals surface area (Å²) in [5.74, 6) is -1.29. The quantitative estimate of drug-likeness (QED) is 0.523. The minimum atomic E-state index is -1.20. The molecule has 2 aliphatic heterocycles. The number of aromatic nitrogens is 1. The van der Waals surface area contributed by atoms with E-state index in [2.05, 4.69) is 25.8 Å². The first-order chi connectivity index (χ1) is 18.7. The van der Waals surface area contributed by atoms with Crippen LogP contribution in [0.1, 0.15) is 75.7 Å². The fourth-order valence-corrected chi connectivity index (χ4v) is 6.45. The monoisotopic (exact) mass is 544 g/mol. The number of carboxylic acid groups (broad SMARTS) is 1. The van der Waals surface area contributed by atoms with Crippen molar-refractivity contribution in [3.05, 3.63) is 70.3 Å². The summed E-state index contributed by atoms with van der Waals surface area (Å²) in [6.45, 7) is 10.3. The van der Waals surface area contributed by atoms with Gasteiger partial charge in [-0.3, -0.25) is 14.6 Å². The molecule has 40 heavy (non-hydrogen) atoms. The number of rotatable bonds is 4. The number of hydrogen-bond acceptors (Lipinski definition) is 6. The van der Waals surface area contributed by atoms with Crippen LogP contribution >= 0.6 is 0 Å². The Morgan fingerprint density at radius 2 is 1.82 bits per heavy atom. The van der Waals surface area contributed by atoms with Crippen molar-refractivity contribution in [1.82, 2.24) is 9.88 Å². The Balaban J connectivity index is 1.85. The zero-order valence-corrected chi connectivity index (χ0v) is 24.1. The minimum Gasteiger partial charge on any atom is -0.496 e. The molecule has 0 saturated heterocycles. The molecule has 210 valence electrons. The first kappa shape index (κ1) is 27.6. The van der Waals surface area contributed by atoms with Crippen LogP contribution in [0.5, 0.6) is 5.75 Å². The van der Waals surface area contributed by atoms with Crippen molar-refractivity contribution in [2.24, 2.45) is 10.8 Å². The summed E-state index contributed by atoms with van der Waals surface area (Å²) < 4.78 is 12.2. The van der Waals surface area contributed by atoms with E-state index in [0.717, 1.165) is 0 Å². The number of allylic oxidation sites excluding steroid dienone is 2. The van der Waals surface area contributed by atoms with Gasteiger partial charge in [0.1, 0.15) is 17.3 Å². The van der Waals surface area contributed by atoms with Gasteiger partial charge in [-0.2, -0.15) is 0 Å². The van der Waals surface area contributed by atoms with Gasteiger partial charge in [-0.05, 0) is 35.1 Å². The van der Waals surface area contributed by atoms with E-state index < -0.39 is 11.9 Å². The van der Waals surface area contributed by atoms with E-state index in [1.165, 1.54) is 7.11 Å². The van der Waals surface area contributed by atoms with Gasteiger partial charge >= 0.3 is 5.97 Å². The smallest absolute Gasteiger partial charge is 0.336 e. The lowest BCUT2D eigenvalue weighted by atomic mass is 9.67. The van der Waals surface area contributed by atoms with Gasteiger partial charge in [0.25, 0.3) is 5.91 Å². The van der Waals surface area contributed by atoms with Gasteiger partial charge in [-0.15, -0.1) is 0 Å². The highest BCUT2D eigenvalue weighted by Gasteiger charge is 2.51. The summed E-state index contributed by atoms with van der Waals surface area (Å²) in [4.78, 5) is 47.2. The van der Waals surface area contributed by atoms with Crippen LogP contribution in [0.15, 0.2) is 59.2 Å². The second-order valence-corrected chi connectivity index (χ2v) is 12.8. The maximum Gasteiger partial charge on any atom is 0.336 e. The Labute approximate surface area is 234 Å². The number of aromatic carboxylic acids is 1. The van der Waals surface area contributed by atoms with Crippen LogP contribution < -0.4 is 4.74 Å². The van der Waals surface area contributed by atoms with Gasteiger partial charge in [0.05, 0.1) is 29.9 Å². The van der Waals surface area contributed by atoms with Gasteiger partial charge in [0.2, 0.25) is 0 Å². The van der Waals surface area contributed by atoms with Crippen LogP contribution in [0, 0.1) is 10.8 Å². The Kier molecular flexibility index (Phi) is 6.63. The third-order valence-corrected chi connectivity index (χ3v) is 8.27. The van der Waals surface area contributed by atoms with Crippen molar-refractivity contribution in [2.75, 3.05) is 14.2 Å². The van der Waals surface area contributed by atoms with E-state index >= 15 is 0 Å². The molecule has 1 aromatic carbocycles. The van der Waals surface area contributed by atoms with Crippen LogP contribution in [-0.2, 0) is 14.3 Å². The molecule has 8 nitrogen and oxygen atoms in total. The van der Waals surface area contributed by atoms with Gasteiger partial charge in [0, 0.05) is 55.2 Å². The van der Waals surface area contributed by atoms with Crippen LogP contribution in [-0.4, -0.2) is 52.8 Å². The highest BCUT2D eigenvalue weighted by atomic mass is 16.5. The average Bonchev–Trinajstić information content (AvgIpc) is 2.87. The van der Waals surface area contributed by atoms with Gasteiger partial charge in [0.15, 0.2) is 5.78 Å². The molecule has 0 unspecified atom stereocenters. The first-order valence-corrected chi connectivity index (χ1v) is 13.5. The molecule has 0 radical (unpaired) electrons. The van der Waals surface area contributed by atoms with Gasteiger partial charge < -0.3 is 19.5 Å². The standard InChI is InChI=1S/C32H36N2O6/c1-31(2,3)23-14-21-27(29(36)34(23)6)28(25-19(35)15-32(4,5)16-22(25)40-21)26-20(39-7)12-11-17(24(26)30(37)38)18-10-8-9-13-33-18/h8-13,23,28H,14-16H2,1-7H3,(H,37,38)/t23-,28+/m0/s1. The molecule has 0 saturated carbocycles. The molecule has 8 heteroatoms. The Morgan fingerprint density at radius 3 is 2.42 bits per heavy atom. The van der Waals surface area contributed by atoms with Crippen molar-refractivity contribution in [3.63, 3.8) is 0 Å². The van der Waals surface area contributed by atoms with Crippen LogP contribution in [0.3, 0.4) is 0 Å². The van der Waals surface area contributed by atoms with Crippen LogP contribution in [0.2, 0.25) is 0 Å². The molecular formula is C32H36N2O6. The predicted octanol–water partition coefficient (Wildman–Crippen LogP) is 5.74. The van der Waals surface area contributed by atoms with E-state index in [0.29, 0.717) is 46.8 Å².